The van der Waals surface area contributed by atoms with Gasteiger partial charge in [-0.2, -0.15) is 5.26 Å². The van der Waals surface area contributed by atoms with Crippen LogP contribution in [0.1, 0.15) is 27.7 Å². The van der Waals surface area contributed by atoms with E-state index in [1.54, 1.807) is 37.3 Å². The molecule has 4 rings (SSSR count). The van der Waals surface area contributed by atoms with Gasteiger partial charge in [0.05, 0.1) is 5.69 Å². The lowest BCUT2D eigenvalue weighted by Gasteiger charge is -2.22. The van der Waals surface area contributed by atoms with Crippen molar-refractivity contribution in [3.05, 3.63) is 83.1 Å². The number of likely N-dealkylation sites (N-methyl/N-ethyl adjacent to an activating group) is 1. The number of amides is 1. The number of rotatable bonds is 10. The summed E-state index contributed by atoms with van der Waals surface area (Å²) in [5.41, 5.74) is 6.47. The molecule has 11 nitrogen and oxygen atoms in total. The highest BCUT2D eigenvalue weighted by Gasteiger charge is 2.23. The van der Waals surface area contributed by atoms with E-state index in [1.807, 2.05) is 57.2 Å². The van der Waals surface area contributed by atoms with E-state index in [1.165, 1.54) is 15.5 Å². The highest BCUT2D eigenvalue weighted by atomic mass is 16.5. The summed E-state index contributed by atoms with van der Waals surface area (Å²) in [5.74, 6) is 0.909. The van der Waals surface area contributed by atoms with Crippen molar-refractivity contribution < 1.29 is 9.53 Å². The molecule has 0 fully saturated rings. The molecule has 0 saturated carbocycles. The third kappa shape index (κ3) is 6.19. The van der Waals surface area contributed by atoms with Gasteiger partial charge in [-0.1, -0.05) is 25.1 Å². The van der Waals surface area contributed by atoms with Crippen LogP contribution in [0.25, 0.3) is 16.9 Å². The molecule has 0 bridgehead atoms. The first-order valence-corrected chi connectivity index (χ1v) is 12.9. The highest BCUT2D eigenvalue weighted by molar-refractivity contribution is 5.97. The van der Waals surface area contributed by atoms with Crippen molar-refractivity contribution in [3.8, 4) is 23.3 Å². The smallest absolute Gasteiger partial charge is 0.335 e. The summed E-state index contributed by atoms with van der Waals surface area (Å²) in [4.78, 5) is 34.9. The Bertz CT molecular complexity index is 1630. The Balaban J connectivity index is 1.62. The Hall–Kier alpha value is -4.95. The maximum atomic E-state index is 13.7. The second-order valence-corrected chi connectivity index (χ2v) is 9.87. The molecule has 0 radical (unpaired) electrons. The van der Waals surface area contributed by atoms with Gasteiger partial charge >= 0.3 is 5.69 Å². The second-order valence-electron chi connectivity index (χ2n) is 9.87. The predicted molar refractivity (Wildman–Crippen MR) is 153 cm³/mol. The molecular weight excluding hydrogens is 508 g/mol. The number of carbonyl (C=O) groups is 1. The van der Waals surface area contributed by atoms with Crippen molar-refractivity contribution >= 4 is 22.9 Å². The maximum absolute atomic E-state index is 13.7. The van der Waals surface area contributed by atoms with E-state index in [0.717, 1.165) is 0 Å². The molecule has 4 aromatic rings. The van der Waals surface area contributed by atoms with Crippen LogP contribution in [0.5, 0.6) is 11.5 Å². The Morgan fingerprint density at radius 1 is 1.15 bits per heavy atom. The van der Waals surface area contributed by atoms with Crippen LogP contribution < -0.4 is 26.8 Å². The van der Waals surface area contributed by atoms with Crippen LogP contribution in [0, 0.1) is 11.3 Å². The normalized spacial score (nSPS) is 12.6. The standard InChI is InChI=1S/C29H32N8O3/c1-5-34-29(3,4)15-20(16-30)27(38)35-19(2)17-36-26-24(25(31)32-18-33-26)37(28(36)39)21-11-13-23(14-12-21)40-22-9-7-6-8-10-22/h6-15,18-19,34H,5,17H2,1-4H3,(H,35,38)(H2,31,32,33)/b20-15+/t19-/m0/s1. The van der Waals surface area contributed by atoms with E-state index < -0.39 is 23.2 Å². The number of para-hydroxylation sites is 1. The second kappa shape index (κ2) is 11.8. The van der Waals surface area contributed by atoms with Crippen LogP contribution in [-0.2, 0) is 11.3 Å². The molecule has 1 amide bonds. The summed E-state index contributed by atoms with van der Waals surface area (Å²) in [5, 5.41) is 15.6. The Kier molecular flexibility index (Phi) is 8.31. The zero-order valence-corrected chi connectivity index (χ0v) is 22.9. The molecule has 4 N–H and O–H groups in total. The monoisotopic (exact) mass is 540 g/mol. The molecule has 0 saturated heterocycles. The number of nitriles is 1. The van der Waals surface area contributed by atoms with Crippen molar-refractivity contribution in [2.45, 2.75) is 45.8 Å². The van der Waals surface area contributed by atoms with Crippen molar-refractivity contribution in [2.75, 3.05) is 12.3 Å². The number of hydrogen-bond acceptors (Lipinski definition) is 8. The van der Waals surface area contributed by atoms with E-state index in [4.69, 9.17) is 10.5 Å². The van der Waals surface area contributed by atoms with Crippen molar-refractivity contribution in [2.24, 2.45) is 0 Å². The molecule has 0 aliphatic heterocycles. The first-order valence-electron chi connectivity index (χ1n) is 12.9. The summed E-state index contributed by atoms with van der Waals surface area (Å²) in [6.45, 7) is 8.22. The molecule has 0 aliphatic rings. The van der Waals surface area contributed by atoms with Gasteiger partial charge in [-0.25, -0.2) is 14.8 Å². The van der Waals surface area contributed by atoms with E-state index in [2.05, 4.69) is 20.6 Å². The minimum atomic E-state index is -0.541. The largest absolute Gasteiger partial charge is 0.457 e. The molecule has 2 heterocycles. The number of fused-ring (bicyclic) bond motifs is 1. The molecule has 11 heteroatoms. The topological polar surface area (TPSA) is 153 Å². The van der Waals surface area contributed by atoms with E-state index in [9.17, 15) is 14.9 Å². The molecule has 2 aromatic heterocycles. The number of nitrogens with one attached hydrogen (secondary N) is 2. The van der Waals surface area contributed by atoms with Gasteiger partial charge in [0, 0.05) is 18.1 Å². The van der Waals surface area contributed by atoms with E-state index in [-0.39, 0.29) is 17.9 Å². The SMILES string of the molecule is CCNC(C)(C)/C=C(\C#N)C(=O)N[C@@H](C)Cn1c(=O)n(-c2ccc(Oc3ccccc3)cc2)c2c(N)ncnc21. The van der Waals surface area contributed by atoms with Crippen LogP contribution >= 0.6 is 0 Å². The minimum Gasteiger partial charge on any atom is -0.457 e. The average molecular weight is 541 g/mol. The number of nitrogens with two attached hydrogens (primary N) is 1. The fourth-order valence-electron chi connectivity index (χ4n) is 4.43. The van der Waals surface area contributed by atoms with Gasteiger partial charge in [-0.05, 0) is 69.8 Å². The molecule has 40 heavy (non-hydrogen) atoms. The highest BCUT2D eigenvalue weighted by Crippen LogP contribution is 2.25. The van der Waals surface area contributed by atoms with Gasteiger partial charge in [0.2, 0.25) is 0 Å². The zero-order valence-electron chi connectivity index (χ0n) is 22.9. The fourth-order valence-corrected chi connectivity index (χ4v) is 4.43. The Labute approximate surface area is 231 Å². The van der Waals surface area contributed by atoms with Crippen LogP contribution in [0.15, 0.2) is 77.4 Å². The Morgan fingerprint density at radius 3 is 2.48 bits per heavy atom. The average Bonchev–Trinajstić information content (AvgIpc) is 3.20. The summed E-state index contributed by atoms with van der Waals surface area (Å²) in [7, 11) is 0. The van der Waals surface area contributed by atoms with E-state index >= 15 is 0 Å². The first-order chi connectivity index (χ1) is 19.1. The lowest BCUT2D eigenvalue weighted by molar-refractivity contribution is -0.117. The summed E-state index contributed by atoms with van der Waals surface area (Å²) >= 11 is 0. The number of hydrogen-bond donors (Lipinski definition) is 3. The summed E-state index contributed by atoms with van der Waals surface area (Å²) < 4.78 is 8.74. The molecule has 2 aromatic carbocycles. The number of benzene rings is 2. The van der Waals surface area contributed by atoms with Gasteiger partial charge in [-0.15, -0.1) is 0 Å². The van der Waals surface area contributed by atoms with Gasteiger partial charge < -0.3 is 21.1 Å². The number of nitrogens with zero attached hydrogens (tertiary/aromatic N) is 5. The molecule has 206 valence electrons. The number of ether oxygens (including phenoxy) is 1. The third-order valence-electron chi connectivity index (χ3n) is 6.14. The quantitative estimate of drug-likeness (QED) is 0.205. The van der Waals surface area contributed by atoms with Crippen molar-refractivity contribution in [1.82, 2.24) is 29.7 Å². The van der Waals surface area contributed by atoms with Crippen LogP contribution in [0.3, 0.4) is 0 Å². The molecule has 0 aliphatic carbocycles. The van der Waals surface area contributed by atoms with Gasteiger partial charge in [0.25, 0.3) is 5.91 Å². The number of aromatic nitrogens is 4. The van der Waals surface area contributed by atoms with Crippen LogP contribution in [-0.4, -0.2) is 43.1 Å². The molecule has 0 spiro atoms. The molecule has 0 unspecified atom stereocenters. The maximum Gasteiger partial charge on any atom is 0.335 e. The number of nitrogen functional groups attached to an aromatic ring is 1. The Morgan fingerprint density at radius 2 is 1.82 bits per heavy atom. The summed E-state index contributed by atoms with van der Waals surface area (Å²) in [6.07, 6.45) is 2.88. The lowest BCUT2D eigenvalue weighted by atomic mass is 10.0. The van der Waals surface area contributed by atoms with Gasteiger partial charge in [0.15, 0.2) is 11.5 Å². The predicted octanol–water partition coefficient (Wildman–Crippen LogP) is 3.30. The third-order valence-corrected chi connectivity index (χ3v) is 6.14. The number of anilines is 1. The van der Waals surface area contributed by atoms with Crippen LogP contribution in [0.2, 0.25) is 0 Å². The minimum absolute atomic E-state index is 0.0167. The molecular formula is C29H32N8O3. The van der Waals surface area contributed by atoms with Gasteiger partial charge in [0.1, 0.15) is 35.0 Å². The fraction of sp³-hybridized carbons (Fsp3) is 0.276. The van der Waals surface area contributed by atoms with Crippen molar-refractivity contribution in [3.63, 3.8) is 0 Å². The number of carbonyl (C=O) groups excluding carboxylic acids is 1. The molecule has 1 atom stereocenters. The zero-order chi connectivity index (χ0) is 28.9. The summed E-state index contributed by atoms with van der Waals surface area (Å²) in [6, 6.07) is 17.8. The first kappa shape index (κ1) is 28.1. The van der Waals surface area contributed by atoms with E-state index in [0.29, 0.717) is 34.9 Å². The van der Waals surface area contributed by atoms with Gasteiger partial charge in [-0.3, -0.25) is 13.9 Å². The van der Waals surface area contributed by atoms with Crippen LogP contribution in [0.4, 0.5) is 5.82 Å². The van der Waals surface area contributed by atoms with Crippen molar-refractivity contribution in [1.29, 1.82) is 5.26 Å². The lowest BCUT2D eigenvalue weighted by Crippen LogP contribution is -2.41. The number of imidazole rings is 1.